The van der Waals surface area contributed by atoms with Crippen molar-refractivity contribution in [2.45, 2.75) is 19.1 Å². The van der Waals surface area contributed by atoms with Gasteiger partial charge in [-0.2, -0.15) is 0 Å². The van der Waals surface area contributed by atoms with Crippen LogP contribution < -0.4 is 5.32 Å². The number of amides is 1. The van der Waals surface area contributed by atoms with Gasteiger partial charge in [0.25, 0.3) is 0 Å². The van der Waals surface area contributed by atoms with Crippen LogP contribution >= 0.6 is 23.4 Å². The molecule has 1 aromatic carbocycles. The molecule has 0 fully saturated rings. The van der Waals surface area contributed by atoms with Gasteiger partial charge in [0, 0.05) is 16.7 Å². The lowest BCUT2D eigenvalue weighted by molar-refractivity contribution is -0.139. The molecule has 2 aromatic rings. The second-order valence-electron chi connectivity index (χ2n) is 5.36. The van der Waals surface area contributed by atoms with Gasteiger partial charge in [-0.25, -0.2) is 0 Å². The summed E-state index contributed by atoms with van der Waals surface area (Å²) in [5, 5.41) is 6.25. The first-order valence-electron chi connectivity index (χ1n) is 7.65. The van der Waals surface area contributed by atoms with E-state index in [1.807, 2.05) is 0 Å². The van der Waals surface area contributed by atoms with Gasteiger partial charge in [0.2, 0.25) is 5.91 Å². The summed E-state index contributed by atoms with van der Waals surface area (Å²) in [7, 11) is 0. The number of carbonyl (C=O) groups excluding carboxylic acids is 3. The number of nitrogens with one attached hydrogen (secondary N) is 1. The lowest BCUT2D eigenvalue weighted by atomic mass is 10.1. The van der Waals surface area contributed by atoms with E-state index >= 15 is 0 Å². The Hall–Kier alpha value is -2.32. The predicted octanol–water partition coefficient (Wildman–Crippen LogP) is 3.12. The monoisotopic (exact) mass is 396 g/mol. The number of hydrogen-bond acceptors (Lipinski definition) is 7. The van der Waals surface area contributed by atoms with Crippen molar-refractivity contribution in [1.82, 2.24) is 5.16 Å². The standard InChI is InChI=1S/C17H17ClN2O5S/c1-10-7-15(20-25-10)19-17(23)11(2)26-9-16(22)24-8-14(21)12-3-5-13(18)6-4-12/h3-7,11H,8-9H2,1-2H3,(H,19,20,23)/t11-/m0/s1. The number of thioether (sulfide) groups is 1. The zero-order valence-electron chi connectivity index (χ0n) is 14.2. The molecule has 1 atom stereocenters. The third-order valence-corrected chi connectivity index (χ3v) is 4.60. The van der Waals surface area contributed by atoms with E-state index in [-0.39, 0.29) is 24.1 Å². The van der Waals surface area contributed by atoms with E-state index in [1.54, 1.807) is 44.2 Å². The minimum absolute atomic E-state index is 0.0552. The Labute approximate surface area is 159 Å². The minimum atomic E-state index is -0.575. The third-order valence-electron chi connectivity index (χ3n) is 3.23. The molecule has 0 aliphatic rings. The number of Topliss-reactive ketones (excluding diaryl/α,β-unsaturated/α-hetero) is 1. The van der Waals surface area contributed by atoms with Crippen molar-refractivity contribution in [3.05, 3.63) is 46.7 Å². The summed E-state index contributed by atoms with van der Waals surface area (Å²) < 4.78 is 9.79. The Morgan fingerprint density at radius 2 is 2.00 bits per heavy atom. The quantitative estimate of drug-likeness (QED) is 0.540. The van der Waals surface area contributed by atoms with E-state index < -0.39 is 11.2 Å². The van der Waals surface area contributed by atoms with E-state index in [9.17, 15) is 14.4 Å². The van der Waals surface area contributed by atoms with Crippen molar-refractivity contribution >= 4 is 46.8 Å². The van der Waals surface area contributed by atoms with E-state index in [4.69, 9.17) is 20.9 Å². The highest BCUT2D eigenvalue weighted by atomic mass is 35.5. The van der Waals surface area contributed by atoms with Gasteiger partial charge in [-0.1, -0.05) is 16.8 Å². The number of esters is 1. The molecule has 0 saturated carbocycles. The molecular formula is C17H17ClN2O5S. The van der Waals surface area contributed by atoms with Crippen molar-refractivity contribution in [3.8, 4) is 0 Å². The zero-order valence-corrected chi connectivity index (χ0v) is 15.7. The lowest BCUT2D eigenvalue weighted by Crippen LogP contribution is -2.24. The average molecular weight is 397 g/mol. The summed E-state index contributed by atoms with van der Waals surface area (Å²) in [6.45, 7) is 3.00. The number of benzene rings is 1. The van der Waals surface area contributed by atoms with E-state index in [0.29, 0.717) is 22.2 Å². The fourth-order valence-corrected chi connectivity index (χ4v) is 2.63. The molecule has 1 N–H and O–H groups in total. The summed E-state index contributed by atoms with van der Waals surface area (Å²) in [5.74, 6) is -0.374. The molecule has 0 bridgehead atoms. The summed E-state index contributed by atoms with van der Waals surface area (Å²) in [4.78, 5) is 35.6. The minimum Gasteiger partial charge on any atom is -0.457 e. The fourth-order valence-electron chi connectivity index (χ4n) is 1.83. The van der Waals surface area contributed by atoms with Crippen molar-refractivity contribution in [2.75, 3.05) is 17.7 Å². The van der Waals surface area contributed by atoms with Crippen LogP contribution in [0.3, 0.4) is 0 Å². The van der Waals surface area contributed by atoms with Crippen LogP contribution in [0.4, 0.5) is 5.82 Å². The molecule has 0 aliphatic heterocycles. The normalized spacial score (nSPS) is 11.7. The van der Waals surface area contributed by atoms with Gasteiger partial charge >= 0.3 is 5.97 Å². The molecule has 0 aliphatic carbocycles. The molecule has 1 aromatic heterocycles. The van der Waals surface area contributed by atoms with Crippen LogP contribution in [0.15, 0.2) is 34.9 Å². The maximum atomic E-state index is 12.0. The van der Waals surface area contributed by atoms with Gasteiger partial charge in [0.05, 0.1) is 11.0 Å². The van der Waals surface area contributed by atoms with Gasteiger partial charge in [0.1, 0.15) is 5.76 Å². The molecule has 0 radical (unpaired) electrons. The Kier molecular flexibility index (Phi) is 7.23. The first kappa shape index (κ1) is 20.0. The van der Waals surface area contributed by atoms with Crippen LogP contribution in [-0.2, 0) is 14.3 Å². The van der Waals surface area contributed by atoms with E-state index in [0.717, 1.165) is 11.8 Å². The number of ether oxygens (including phenoxy) is 1. The molecule has 9 heteroatoms. The van der Waals surface area contributed by atoms with Gasteiger partial charge in [0.15, 0.2) is 18.2 Å². The highest BCUT2D eigenvalue weighted by Crippen LogP contribution is 2.15. The maximum absolute atomic E-state index is 12.0. The number of halogens is 1. The van der Waals surface area contributed by atoms with Crippen molar-refractivity contribution in [3.63, 3.8) is 0 Å². The van der Waals surface area contributed by atoms with Crippen molar-refractivity contribution < 1.29 is 23.6 Å². The largest absolute Gasteiger partial charge is 0.457 e. The molecule has 1 amide bonds. The van der Waals surface area contributed by atoms with Crippen LogP contribution in [-0.4, -0.2) is 40.4 Å². The number of hydrogen-bond donors (Lipinski definition) is 1. The maximum Gasteiger partial charge on any atom is 0.316 e. The first-order valence-corrected chi connectivity index (χ1v) is 9.08. The van der Waals surface area contributed by atoms with Crippen LogP contribution in [0.1, 0.15) is 23.0 Å². The van der Waals surface area contributed by atoms with E-state index in [2.05, 4.69) is 10.5 Å². The molecule has 26 heavy (non-hydrogen) atoms. The van der Waals surface area contributed by atoms with Crippen LogP contribution in [0.2, 0.25) is 5.02 Å². The highest BCUT2D eigenvalue weighted by Gasteiger charge is 2.18. The Morgan fingerprint density at radius 3 is 2.62 bits per heavy atom. The summed E-state index contributed by atoms with van der Waals surface area (Å²) in [5.41, 5.74) is 0.408. The molecule has 138 valence electrons. The van der Waals surface area contributed by atoms with Crippen LogP contribution in [0, 0.1) is 6.92 Å². The summed E-state index contributed by atoms with van der Waals surface area (Å²) in [6, 6.07) is 7.88. The van der Waals surface area contributed by atoms with Gasteiger partial charge < -0.3 is 14.6 Å². The van der Waals surface area contributed by atoms with Crippen molar-refractivity contribution in [2.24, 2.45) is 0 Å². The number of anilines is 1. The van der Waals surface area contributed by atoms with Gasteiger partial charge in [-0.3, -0.25) is 14.4 Å². The number of aromatic nitrogens is 1. The molecule has 0 spiro atoms. The number of carbonyl (C=O) groups is 3. The van der Waals surface area contributed by atoms with Crippen LogP contribution in [0.25, 0.3) is 0 Å². The van der Waals surface area contributed by atoms with E-state index in [1.165, 1.54) is 0 Å². The van der Waals surface area contributed by atoms with Crippen molar-refractivity contribution in [1.29, 1.82) is 0 Å². The number of aryl methyl sites for hydroxylation is 1. The summed E-state index contributed by atoms with van der Waals surface area (Å²) >= 11 is 6.85. The number of rotatable bonds is 8. The topological polar surface area (TPSA) is 98.5 Å². The third kappa shape index (κ3) is 6.20. The van der Waals surface area contributed by atoms with Crippen LogP contribution in [0.5, 0.6) is 0 Å². The molecule has 0 unspecified atom stereocenters. The molecule has 0 saturated heterocycles. The Bertz CT molecular complexity index is 791. The Morgan fingerprint density at radius 1 is 1.31 bits per heavy atom. The van der Waals surface area contributed by atoms with Gasteiger partial charge in [-0.05, 0) is 38.1 Å². The first-order chi connectivity index (χ1) is 12.3. The molecule has 2 rings (SSSR count). The second-order valence-corrected chi connectivity index (χ2v) is 7.12. The summed E-state index contributed by atoms with van der Waals surface area (Å²) in [6.07, 6.45) is 0. The number of ketones is 1. The second kappa shape index (κ2) is 9.40. The Balaban J connectivity index is 1.71. The molecule has 7 nitrogen and oxygen atoms in total. The fraction of sp³-hybridized carbons (Fsp3) is 0.294. The average Bonchev–Trinajstić information content (AvgIpc) is 3.02. The lowest BCUT2D eigenvalue weighted by Gasteiger charge is -2.10. The predicted molar refractivity (Wildman–Crippen MR) is 98.5 cm³/mol. The highest BCUT2D eigenvalue weighted by molar-refractivity contribution is 8.01. The SMILES string of the molecule is Cc1cc(NC(=O)[C@H](C)SCC(=O)OCC(=O)c2ccc(Cl)cc2)no1. The van der Waals surface area contributed by atoms with Gasteiger partial charge in [-0.15, -0.1) is 11.8 Å². The zero-order chi connectivity index (χ0) is 19.1. The molecular weight excluding hydrogens is 380 g/mol. The number of nitrogens with zero attached hydrogens (tertiary/aromatic N) is 1. The molecule has 1 heterocycles. The smallest absolute Gasteiger partial charge is 0.316 e.